The first-order valence-electron chi connectivity index (χ1n) is 6.74. The van der Waals surface area contributed by atoms with Gasteiger partial charge in [-0.2, -0.15) is 0 Å². The predicted octanol–water partition coefficient (Wildman–Crippen LogP) is 2.34. The van der Waals surface area contributed by atoms with E-state index in [9.17, 15) is 9.90 Å². The molecule has 4 nitrogen and oxygen atoms in total. The molecule has 19 heavy (non-hydrogen) atoms. The summed E-state index contributed by atoms with van der Waals surface area (Å²) in [6.45, 7) is 3.26. The molecule has 104 valence electrons. The normalized spacial score (nSPS) is 19.2. The Kier molecular flexibility index (Phi) is 4.43. The van der Waals surface area contributed by atoms with Crippen molar-refractivity contribution in [3.05, 3.63) is 29.3 Å². The van der Waals surface area contributed by atoms with Crippen LogP contribution in [0.3, 0.4) is 0 Å². The van der Waals surface area contributed by atoms with Gasteiger partial charge < -0.3 is 14.7 Å². The lowest BCUT2D eigenvalue weighted by molar-refractivity contribution is -0.000240. The van der Waals surface area contributed by atoms with Gasteiger partial charge in [-0.15, -0.1) is 0 Å². The van der Waals surface area contributed by atoms with Crippen molar-refractivity contribution in [2.75, 3.05) is 20.2 Å². The standard InChI is InChI=1S/C15H21NO3/c1-11-6-7-14(17)13(9-11)15(18)16(2)10-12-5-3-4-8-19-12/h6-7,9,12,17H,3-5,8,10H2,1-2H3. The van der Waals surface area contributed by atoms with Crippen molar-refractivity contribution < 1.29 is 14.6 Å². The van der Waals surface area contributed by atoms with Gasteiger partial charge in [0.25, 0.3) is 5.91 Å². The summed E-state index contributed by atoms with van der Waals surface area (Å²) in [5.74, 6) is -0.123. The molecule has 0 aliphatic carbocycles. The molecule has 1 aliphatic rings. The van der Waals surface area contributed by atoms with Crippen LogP contribution >= 0.6 is 0 Å². The second-order valence-electron chi connectivity index (χ2n) is 5.19. The summed E-state index contributed by atoms with van der Waals surface area (Å²) >= 11 is 0. The van der Waals surface area contributed by atoms with Crippen LogP contribution < -0.4 is 0 Å². The fraction of sp³-hybridized carbons (Fsp3) is 0.533. The molecule has 0 saturated carbocycles. The molecule has 0 radical (unpaired) electrons. The van der Waals surface area contributed by atoms with Crippen molar-refractivity contribution in [2.24, 2.45) is 0 Å². The lowest BCUT2D eigenvalue weighted by Crippen LogP contribution is -2.37. The molecule has 4 heteroatoms. The van der Waals surface area contributed by atoms with Crippen molar-refractivity contribution in [2.45, 2.75) is 32.3 Å². The molecular formula is C15H21NO3. The highest BCUT2D eigenvalue weighted by molar-refractivity contribution is 5.96. The molecule has 1 fully saturated rings. The van der Waals surface area contributed by atoms with Crippen molar-refractivity contribution in [3.63, 3.8) is 0 Å². The lowest BCUT2D eigenvalue weighted by Gasteiger charge is -2.27. The molecule has 2 rings (SSSR count). The summed E-state index contributed by atoms with van der Waals surface area (Å²) in [6.07, 6.45) is 3.38. The third-order valence-corrected chi connectivity index (χ3v) is 3.48. The third-order valence-electron chi connectivity index (χ3n) is 3.48. The number of ether oxygens (including phenoxy) is 1. The molecule has 1 aromatic carbocycles. The van der Waals surface area contributed by atoms with E-state index < -0.39 is 0 Å². The van der Waals surface area contributed by atoms with Gasteiger partial charge in [0.2, 0.25) is 0 Å². The molecule has 1 aromatic rings. The number of rotatable bonds is 3. The zero-order valence-corrected chi connectivity index (χ0v) is 11.6. The summed E-state index contributed by atoms with van der Waals surface area (Å²) in [5.41, 5.74) is 1.32. The number of likely N-dealkylation sites (N-methyl/N-ethyl adjacent to an activating group) is 1. The number of aryl methyl sites for hydroxylation is 1. The van der Waals surface area contributed by atoms with E-state index in [4.69, 9.17) is 4.74 Å². The van der Waals surface area contributed by atoms with Crippen molar-refractivity contribution in [3.8, 4) is 5.75 Å². The van der Waals surface area contributed by atoms with Gasteiger partial charge in [-0.1, -0.05) is 11.6 Å². The number of amides is 1. The molecule has 1 unspecified atom stereocenters. The van der Waals surface area contributed by atoms with Crippen LogP contribution in [0, 0.1) is 6.92 Å². The fourth-order valence-electron chi connectivity index (χ4n) is 2.37. The number of nitrogens with zero attached hydrogens (tertiary/aromatic N) is 1. The molecule has 0 spiro atoms. The van der Waals surface area contributed by atoms with Gasteiger partial charge in [0.05, 0.1) is 11.7 Å². The van der Waals surface area contributed by atoms with E-state index in [2.05, 4.69) is 0 Å². The highest BCUT2D eigenvalue weighted by atomic mass is 16.5. The number of carbonyl (C=O) groups is 1. The van der Waals surface area contributed by atoms with E-state index in [-0.39, 0.29) is 17.8 Å². The van der Waals surface area contributed by atoms with Gasteiger partial charge in [0.15, 0.2) is 0 Å². The molecule has 1 aliphatic heterocycles. The zero-order chi connectivity index (χ0) is 13.8. The fourth-order valence-corrected chi connectivity index (χ4v) is 2.37. The largest absolute Gasteiger partial charge is 0.507 e. The quantitative estimate of drug-likeness (QED) is 0.910. The van der Waals surface area contributed by atoms with E-state index >= 15 is 0 Å². The van der Waals surface area contributed by atoms with E-state index in [1.807, 2.05) is 6.92 Å². The van der Waals surface area contributed by atoms with Gasteiger partial charge in [0.1, 0.15) is 5.75 Å². The van der Waals surface area contributed by atoms with E-state index in [1.54, 1.807) is 30.1 Å². The maximum absolute atomic E-state index is 12.3. The van der Waals surface area contributed by atoms with Gasteiger partial charge in [-0.3, -0.25) is 4.79 Å². The monoisotopic (exact) mass is 263 g/mol. The summed E-state index contributed by atoms with van der Waals surface area (Å²) in [7, 11) is 1.75. The number of aromatic hydroxyl groups is 1. The third kappa shape index (κ3) is 3.47. The average Bonchev–Trinajstić information content (AvgIpc) is 2.42. The van der Waals surface area contributed by atoms with Crippen molar-refractivity contribution in [1.82, 2.24) is 4.90 Å². The van der Waals surface area contributed by atoms with Crippen LogP contribution in [0.25, 0.3) is 0 Å². The minimum Gasteiger partial charge on any atom is -0.507 e. The molecule has 1 atom stereocenters. The summed E-state index contributed by atoms with van der Waals surface area (Å²) in [4.78, 5) is 13.9. The van der Waals surface area contributed by atoms with Crippen LogP contribution in [0.2, 0.25) is 0 Å². The number of phenols is 1. The molecule has 1 heterocycles. The highest BCUT2D eigenvalue weighted by Crippen LogP contribution is 2.21. The lowest BCUT2D eigenvalue weighted by atomic mass is 10.1. The first-order valence-corrected chi connectivity index (χ1v) is 6.74. The van der Waals surface area contributed by atoms with E-state index in [0.29, 0.717) is 12.1 Å². The van der Waals surface area contributed by atoms with Crippen LogP contribution in [0.1, 0.15) is 35.2 Å². The van der Waals surface area contributed by atoms with E-state index in [1.165, 1.54) is 0 Å². The summed E-state index contributed by atoms with van der Waals surface area (Å²) < 4.78 is 5.63. The first kappa shape index (κ1) is 13.9. The minimum absolute atomic E-state index is 0.0343. The van der Waals surface area contributed by atoms with Crippen molar-refractivity contribution >= 4 is 5.91 Å². The Hall–Kier alpha value is -1.55. The number of hydrogen-bond donors (Lipinski definition) is 1. The van der Waals surface area contributed by atoms with Gasteiger partial charge in [-0.25, -0.2) is 0 Å². The second kappa shape index (κ2) is 6.06. The Labute approximate surface area is 114 Å². The summed E-state index contributed by atoms with van der Waals surface area (Å²) in [6, 6.07) is 5.07. The topological polar surface area (TPSA) is 49.8 Å². The average molecular weight is 263 g/mol. The molecule has 1 saturated heterocycles. The Morgan fingerprint density at radius 3 is 2.95 bits per heavy atom. The highest BCUT2D eigenvalue weighted by Gasteiger charge is 2.21. The van der Waals surface area contributed by atoms with Crippen LogP contribution in [0.15, 0.2) is 18.2 Å². The minimum atomic E-state index is -0.157. The van der Waals surface area contributed by atoms with Gasteiger partial charge in [0, 0.05) is 20.2 Å². The predicted molar refractivity (Wildman–Crippen MR) is 73.4 cm³/mol. The van der Waals surface area contributed by atoms with Crippen LogP contribution in [0.4, 0.5) is 0 Å². The van der Waals surface area contributed by atoms with E-state index in [0.717, 1.165) is 31.4 Å². The second-order valence-corrected chi connectivity index (χ2v) is 5.19. The smallest absolute Gasteiger partial charge is 0.257 e. The first-order chi connectivity index (χ1) is 9.08. The molecule has 0 bridgehead atoms. The van der Waals surface area contributed by atoms with Crippen LogP contribution in [-0.4, -0.2) is 42.2 Å². The molecule has 0 aromatic heterocycles. The molecule has 1 N–H and O–H groups in total. The number of carbonyl (C=O) groups excluding carboxylic acids is 1. The van der Waals surface area contributed by atoms with Gasteiger partial charge in [-0.05, 0) is 38.3 Å². The number of hydrogen-bond acceptors (Lipinski definition) is 3. The Bertz CT molecular complexity index is 453. The van der Waals surface area contributed by atoms with Crippen LogP contribution in [-0.2, 0) is 4.74 Å². The number of benzene rings is 1. The van der Waals surface area contributed by atoms with Crippen LogP contribution in [0.5, 0.6) is 5.75 Å². The number of phenolic OH excluding ortho intramolecular Hbond substituents is 1. The Balaban J connectivity index is 2.03. The maximum Gasteiger partial charge on any atom is 0.257 e. The SMILES string of the molecule is Cc1ccc(O)c(C(=O)N(C)CC2CCCCO2)c1. The summed E-state index contributed by atoms with van der Waals surface area (Å²) in [5, 5.41) is 9.78. The Morgan fingerprint density at radius 2 is 2.26 bits per heavy atom. The van der Waals surface area contributed by atoms with Crippen molar-refractivity contribution in [1.29, 1.82) is 0 Å². The Morgan fingerprint density at radius 1 is 1.47 bits per heavy atom. The zero-order valence-electron chi connectivity index (χ0n) is 11.6. The molecule has 1 amide bonds. The van der Waals surface area contributed by atoms with Gasteiger partial charge >= 0.3 is 0 Å². The maximum atomic E-state index is 12.3. The molecular weight excluding hydrogens is 242 g/mol.